The van der Waals surface area contributed by atoms with Gasteiger partial charge in [0.2, 0.25) is 5.91 Å². The Hall–Kier alpha value is -0.940. The number of nitrogens with one attached hydrogen (secondary N) is 2. The number of thiazole rings is 1. The van der Waals surface area contributed by atoms with E-state index in [1.807, 2.05) is 6.92 Å². The van der Waals surface area contributed by atoms with E-state index in [2.05, 4.69) is 29.5 Å². The van der Waals surface area contributed by atoms with Gasteiger partial charge in [-0.1, -0.05) is 13.8 Å². The van der Waals surface area contributed by atoms with E-state index in [0.29, 0.717) is 5.92 Å². The monoisotopic (exact) mass is 267 g/mol. The molecule has 0 aromatic carbocycles. The van der Waals surface area contributed by atoms with Gasteiger partial charge in [-0.2, -0.15) is 0 Å². The van der Waals surface area contributed by atoms with Gasteiger partial charge in [-0.3, -0.25) is 4.79 Å². The number of nitrogens with zero attached hydrogens (tertiary/aromatic N) is 1. The van der Waals surface area contributed by atoms with Crippen LogP contribution in [-0.2, 0) is 11.2 Å². The van der Waals surface area contributed by atoms with Crippen molar-refractivity contribution in [3.8, 4) is 0 Å². The zero-order valence-electron chi connectivity index (χ0n) is 11.2. The minimum Gasteiger partial charge on any atom is -0.306 e. The van der Waals surface area contributed by atoms with Gasteiger partial charge in [0.15, 0.2) is 5.13 Å². The summed E-state index contributed by atoms with van der Waals surface area (Å²) in [7, 11) is 0. The van der Waals surface area contributed by atoms with Crippen molar-refractivity contribution < 1.29 is 4.79 Å². The SMILES string of the molecule is CCc1nc(NC(=O)C2CC(C)CCN2)sc1C. The van der Waals surface area contributed by atoms with Crippen LogP contribution in [0.5, 0.6) is 0 Å². The normalized spacial score (nSPS) is 23.9. The molecule has 1 amide bonds. The lowest BCUT2D eigenvalue weighted by molar-refractivity contribution is -0.119. The molecule has 2 heterocycles. The zero-order valence-corrected chi connectivity index (χ0v) is 12.1. The number of aromatic nitrogens is 1. The number of hydrogen-bond acceptors (Lipinski definition) is 4. The van der Waals surface area contributed by atoms with Crippen molar-refractivity contribution in [3.63, 3.8) is 0 Å². The summed E-state index contributed by atoms with van der Waals surface area (Å²) in [4.78, 5) is 17.7. The molecule has 2 atom stereocenters. The summed E-state index contributed by atoms with van der Waals surface area (Å²) >= 11 is 1.56. The standard InChI is InChI=1S/C13H21N3OS/c1-4-10-9(3)18-13(15-10)16-12(17)11-7-8(2)5-6-14-11/h8,11,14H,4-7H2,1-3H3,(H,15,16,17). The first-order chi connectivity index (χ1) is 8.60. The molecule has 2 unspecified atom stereocenters. The van der Waals surface area contributed by atoms with Gasteiger partial charge in [0, 0.05) is 4.88 Å². The predicted octanol–water partition coefficient (Wildman–Crippen LogP) is 2.34. The highest BCUT2D eigenvalue weighted by Gasteiger charge is 2.25. The summed E-state index contributed by atoms with van der Waals surface area (Å²) in [6.07, 6.45) is 2.98. The van der Waals surface area contributed by atoms with Gasteiger partial charge in [-0.05, 0) is 38.6 Å². The van der Waals surface area contributed by atoms with Gasteiger partial charge < -0.3 is 10.6 Å². The quantitative estimate of drug-likeness (QED) is 0.884. The van der Waals surface area contributed by atoms with Gasteiger partial charge >= 0.3 is 0 Å². The molecule has 1 aliphatic rings. The molecule has 1 aliphatic heterocycles. The van der Waals surface area contributed by atoms with Crippen LogP contribution in [0.15, 0.2) is 0 Å². The van der Waals surface area contributed by atoms with Crippen LogP contribution in [0.3, 0.4) is 0 Å². The van der Waals surface area contributed by atoms with Gasteiger partial charge in [0.25, 0.3) is 0 Å². The van der Waals surface area contributed by atoms with E-state index >= 15 is 0 Å². The molecule has 1 aromatic heterocycles. The fraction of sp³-hybridized carbons (Fsp3) is 0.692. The van der Waals surface area contributed by atoms with Crippen LogP contribution in [0.2, 0.25) is 0 Å². The molecule has 0 spiro atoms. The highest BCUT2D eigenvalue weighted by molar-refractivity contribution is 7.15. The Morgan fingerprint density at radius 3 is 3.00 bits per heavy atom. The molecule has 100 valence electrons. The number of piperidine rings is 1. The smallest absolute Gasteiger partial charge is 0.243 e. The number of carbonyl (C=O) groups is 1. The predicted molar refractivity (Wildman–Crippen MR) is 75.0 cm³/mol. The Kier molecular flexibility index (Phi) is 4.35. The van der Waals surface area contributed by atoms with Crippen LogP contribution in [0.4, 0.5) is 5.13 Å². The highest BCUT2D eigenvalue weighted by atomic mass is 32.1. The van der Waals surface area contributed by atoms with E-state index in [-0.39, 0.29) is 11.9 Å². The van der Waals surface area contributed by atoms with E-state index in [1.54, 1.807) is 11.3 Å². The minimum atomic E-state index is -0.0666. The molecular weight excluding hydrogens is 246 g/mol. The van der Waals surface area contributed by atoms with Crippen molar-refractivity contribution >= 4 is 22.4 Å². The summed E-state index contributed by atoms with van der Waals surface area (Å²) in [5.74, 6) is 0.671. The van der Waals surface area contributed by atoms with Crippen molar-refractivity contribution in [2.45, 2.75) is 46.1 Å². The van der Waals surface area contributed by atoms with Gasteiger partial charge in [0.05, 0.1) is 11.7 Å². The molecular formula is C13H21N3OS. The van der Waals surface area contributed by atoms with Crippen LogP contribution in [0.1, 0.15) is 37.3 Å². The first kappa shape index (κ1) is 13.5. The van der Waals surface area contributed by atoms with Crippen LogP contribution in [0, 0.1) is 12.8 Å². The molecule has 5 heteroatoms. The fourth-order valence-electron chi connectivity index (χ4n) is 2.31. The van der Waals surface area contributed by atoms with E-state index < -0.39 is 0 Å². The van der Waals surface area contributed by atoms with Crippen LogP contribution < -0.4 is 10.6 Å². The molecule has 1 fully saturated rings. The molecule has 1 saturated heterocycles. The largest absolute Gasteiger partial charge is 0.306 e. The fourth-order valence-corrected chi connectivity index (χ4v) is 3.21. The lowest BCUT2D eigenvalue weighted by Gasteiger charge is -2.26. The van der Waals surface area contributed by atoms with E-state index in [1.165, 1.54) is 4.88 Å². The summed E-state index contributed by atoms with van der Waals surface area (Å²) in [6, 6.07) is -0.0666. The summed E-state index contributed by atoms with van der Waals surface area (Å²) in [6.45, 7) is 7.26. The Balaban J connectivity index is 1.97. The number of hydrogen-bond donors (Lipinski definition) is 2. The number of carbonyl (C=O) groups excluding carboxylic acids is 1. The second kappa shape index (κ2) is 5.80. The Bertz CT molecular complexity index is 430. The minimum absolute atomic E-state index is 0.0537. The molecule has 0 saturated carbocycles. The maximum absolute atomic E-state index is 12.1. The number of rotatable bonds is 3. The molecule has 2 rings (SSSR count). The molecule has 4 nitrogen and oxygen atoms in total. The van der Waals surface area contributed by atoms with Crippen LogP contribution >= 0.6 is 11.3 Å². The first-order valence-electron chi connectivity index (χ1n) is 6.60. The van der Waals surface area contributed by atoms with Crippen molar-refractivity contribution in [2.75, 3.05) is 11.9 Å². The molecule has 0 aliphatic carbocycles. The third kappa shape index (κ3) is 3.09. The average molecular weight is 267 g/mol. The Labute approximate surface area is 112 Å². The van der Waals surface area contributed by atoms with Crippen LogP contribution in [-0.4, -0.2) is 23.5 Å². The molecule has 1 aromatic rings. The van der Waals surface area contributed by atoms with Crippen LogP contribution in [0.25, 0.3) is 0 Å². The maximum Gasteiger partial charge on any atom is 0.243 e. The van der Waals surface area contributed by atoms with Crippen molar-refractivity contribution in [1.82, 2.24) is 10.3 Å². The lowest BCUT2D eigenvalue weighted by Crippen LogP contribution is -2.45. The molecule has 0 bridgehead atoms. The Morgan fingerprint density at radius 1 is 1.61 bits per heavy atom. The van der Waals surface area contributed by atoms with Gasteiger partial charge in [-0.15, -0.1) is 11.3 Å². The van der Waals surface area contributed by atoms with Gasteiger partial charge in [-0.25, -0.2) is 4.98 Å². The molecule has 18 heavy (non-hydrogen) atoms. The number of amides is 1. The molecule has 2 N–H and O–H groups in total. The summed E-state index contributed by atoms with van der Waals surface area (Å²) < 4.78 is 0. The zero-order chi connectivity index (χ0) is 13.1. The summed E-state index contributed by atoms with van der Waals surface area (Å²) in [5.41, 5.74) is 1.08. The highest BCUT2D eigenvalue weighted by Crippen LogP contribution is 2.23. The second-order valence-electron chi connectivity index (χ2n) is 5.00. The van der Waals surface area contributed by atoms with Crippen molar-refractivity contribution in [3.05, 3.63) is 10.6 Å². The van der Waals surface area contributed by atoms with E-state index in [9.17, 15) is 4.79 Å². The van der Waals surface area contributed by atoms with Crippen molar-refractivity contribution in [2.24, 2.45) is 5.92 Å². The Morgan fingerprint density at radius 2 is 2.39 bits per heavy atom. The van der Waals surface area contributed by atoms with E-state index in [0.717, 1.165) is 36.6 Å². The maximum atomic E-state index is 12.1. The van der Waals surface area contributed by atoms with Gasteiger partial charge in [0.1, 0.15) is 0 Å². The lowest BCUT2D eigenvalue weighted by atomic mass is 9.94. The number of aryl methyl sites for hydroxylation is 2. The van der Waals surface area contributed by atoms with Crippen molar-refractivity contribution in [1.29, 1.82) is 0 Å². The topological polar surface area (TPSA) is 54.0 Å². The summed E-state index contributed by atoms with van der Waals surface area (Å²) in [5, 5.41) is 6.93. The third-order valence-electron chi connectivity index (χ3n) is 3.44. The second-order valence-corrected chi connectivity index (χ2v) is 6.20. The first-order valence-corrected chi connectivity index (χ1v) is 7.42. The average Bonchev–Trinajstić information content (AvgIpc) is 2.69. The number of anilines is 1. The van der Waals surface area contributed by atoms with E-state index in [4.69, 9.17) is 0 Å². The third-order valence-corrected chi connectivity index (χ3v) is 4.37. The molecule has 0 radical (unpaired) electrons.